The van der Waals surface area contributed by atoms with Gasteiger partial charge in [0.2, 0.25) is 5.91 Å². The molecule has 6 rings (SSSR count). The van der Waals surface area contributed by atoms with E-state index in [0.717, 1.165) is 74.3 Å². The third kappa shape index (κ3) is 4.14. The lowest BCUT2D eigenvalue weighted by Gasteiger charge is -2.37. The zero-order valence-electron chi connectivity index (χ0n) is 19.4. The van der Waals surface area contributed by atoms with Gasteiger partial charge in [-0.3, -0.25) is 4.79 Å². The van der Waals surface area contributed by atoms with Crippen LogP contribution < -0.4 is 4.90 Å². The summed E-state index contributed by atoms with van der Waals surface area (Å²) in [5, 5.41) is 3.42. The van der Waals surface area contributed by atoms with Crippen LogP contribution in [0.3, 0.4) is 0 Å². The first-order valence-corrected chi connectivity index (χ1v) is 13.4. The highest BCUT2D eigenvalue weighted by atomic mass is 32.1. The van der Waals surface area contributed by atoms with Crippen LogP contribution in [0.2, 0.25) is 0 Å². The fourth-order valence-electron chi connectivity index (χ4n) is 5.35. The average molecular weight is 461 g/mol. The fourth-order valence-corrected chi connectivity index (χ4v) is 6.30. The Bertz CT molecular complexity index is 1140. The number of thiophene rings is 1. The van der Waals surface area contributed by atoms with Crippen molar-refractivity contribution in [3.63, 3.8) is 0 Å². The molecule has 0 unspecified atom stereocenters. The van der Waals surface area contributed by atoms with Crippen LogP contribution in [0.4, 0.5) is 5.82 Å². The Morgan fingerprint density at radius 1 is 0.939 bits per heavy atom. The Morgan fingerprint density at radius 3 is 2.36 bits per heavy atom. The molecular formula is C27H32N4OS. The summed E-state index contributed by atoms with van der Waals surface area (Å²) in [4.78, 5) is 28.9. The van der Waals surface area contributed by atoms with Crippen molar-refractivity contribution < 1.29 is 4.79 Å². The second kappa shape index (κ2) is 8.71. The topological polar surface area (TPSA) is 49.3 Å². The molecule has 6 heteroatoms. The summed E-state index contributed by atoms with van der Waals surface area (Å²) in [6.45, 7) is 5.95. The predicted molar refractivity (Wildman–Crippen MR) is 135 cm³/mol. The first-order valence-electron chi connectivity index (χ1n) is 12.6. The largest absolute Gasteiger partial charge is 0.356 e. The minimum absolute atomic E-state index is 0.158. The van der Waals surface area contributed by atoms with E-state index in [1.807, 2.05) is 0 Å². The number of aromatic nitrogens is 2. The zero-order chi connectivity index (χ0) is 22.4. The van der Waals surface area contributed by atoms with Crippen molar-refractivity contribution in [2.45, 2.75) is 51.4 Å². The lowest BCUT2D eigenvalue weighted by Crippen LogP contribution is -2.45. The van der Waals surface area contributed by atoms with Crippen molar-refractivity contribution in [2.24, 2.45) is 11.8 Å². The van der Waals surface area contributed by atoms with Gasteiger partial charge < -0.3 is 9.80 Å². The summed E-state index contributed by atoms with van der Waals surface area (Å²) in [6.07, 6.45) is 6.53. The highest BCUT2D eigenvalue weighted by Crippen LogP contribution is 2.44. The molecule has 172 valence electrons. The van der Waals surface area contributed by atoms with Gasteiger partial charge in [-0.15, -0.1) is 11.3 Å². The predicted octanol–water partition coefficient (Wildman–Crippen LogP) is 5.71. The van der Waals surface area contributed by atoms with Gasteiger partial charge in [-0.25, -0.2) is 9.97 Å². The van der Waals surface area contributed by atoms with Crippen LogP contribution in [0.25, 0.3) is 21.3 Å². The normalized spacial score (nSPS) is 20.5. The molecule has 3 fully saturated rings. The summed E-state index contributed by atoms with van der Waals surface area (Å²) >= 11 is 1.73. The average Bonchev–Trinajstić information content (AvgIpc) is 3.63. The lowest BCUT2D eigenvalue weighted by atomic mass is 9.92. The molecule has 3 aromatic rings. The maximum absolute atomic E-state index is 13.1. The van der Waals surface area contributed by atoms with Gasteiger partial charge in [0.25, 0.3) is 0 Å². The second-order valence-electron chi connectivity index (χ2n) is 10.1. The van der Waals surface area contributed by atoms with Gasteiger partial charge >= 0.3 is 0 Å². The third-order valence-electron chi connectivity index (χ3n) is 7.70. The summed E-state index contributed by atoms with van der Waals surface area (Å²) < 4.78 is 0. The quantitative estimate of drug-likeness (QED) is 0.500. The molecular weight excluding hydrogens is 428 g/mol. The maximum atomic E-state index is 13.1. The van der Waals surface area contributed by atoms with E-state index in [0.29, 0.717) is 11.8 Å². The van der Waals surface area contributed by atoms with Crippen LogP contribution in [0.1, 0.15) is 57.2 Å². The van der Waals surface area contributed by atoms with E-state index < -0.39 is 0 Å². The van der Waals surface area contributed by atoms with E-state index >= 15 is 0 Å². The molecule has 2 aliphatic heterocycles. The Kier molecular flexibility index (Phi) is 5.57. The van der Waals surface area contributed by atoms with Crippen molar-refractivity contribution in [2.75, 3.05) is 31.1 Å². The molecule has 4 heterocycles. The summed E-state index contributed by atoms with van der Waals surface area (Å²) in [5.41, 5.74) is 2.45. The molecule has 0 spiro atoms. The van der Waals surface area contributed by atoms with Gasteiger partial charge in [0.15, 0.2) is 0 Å². The number of nitrogens with zero attached hydrogens (tertiary/aromatic N) is 4. The number of amides is 1. The molecule has 3 aliphatic rings. The summed E-state index contributed by atoms with van der Waals surface area (Å²) in [7, 11) is 0. The van der Waals surface area contributed by atoms with Crippen LogP contribution in [0.15, 0.2) is 35.7 Å². The molecule has 2 aromatic heterocycles. The minimum atomic E-state index is 0.158. The third-order valence-corrected chi connectivity index (χ3v) is 8.57. The van der Waals surface area contributed by atoms with Gasteiger partial charge in [-0.05, 0) is 50.0 Å². The van der Waals surface area contributed by atoms with Gasteiger partial charge in [0.1, 0.15) is 16.5 Å². The zero-order valence-corrected chi connectivity index (χ0v) is 20.2. The number of carbonyl (C=O) groups is 1. The summed E-state index contributed by atoms with van der Waals surface area (Å²) in [6, 6.07) is 10.6. The van der Waals surface area contributed by atoms with Gasteiger partial charge in [-0.1, -0.05) is 37.3 Å². The Balaban J connectivity index is 1.27. The SMILES string of the molecule is CC1CCN(C(=O)C2CCN(c3nc(C4CC4)nc4scc(-c5ccccc5)c34)CC2)CC1. The van der Waals surface area contributed by atoms with Crippen molar-refractivity contribution in [1.29, 1.82) is 0 Å². The lowest BCUT2D eigenvalue weighted by molar-refractivity contribution is -0.137. The van der Waals surface area contributed by atoms with Crippen molar-refractivity contribution in [3.8, 4) is 11.1 Å². The summed E-state index contributed by atoms with van der Waals surface area (Å²) in [5.74, 6) is 3.91. The van der Waals surface area contributed by atoms with E-state index in [4.69, 9.17) is 9.97 Å². The highest BCUT2D eigenvalue weighted by molar-refractivity contribution is 7.17. The van der Waals surface area contributed by atoms with E-state index in [1.54, 1.807) is 11.3 Å². The van der Waals surface area contributed by atoms with E-state index in [1.165, 1.54) is 29.4 Å². The van der Waals surface area contributed by atoms with E-state index in [2.05, 4.69) is 52.4 Å². The van der Waals surface area contributed by atoms with E-state index in [-0.39, 0.29) is 5.92 Å². The molecule has 2 saturated heterocycles. The minimum Gasteiger partial charge on any atom is -0.356 e. The highest BCUT2D eigenvalue weighted by Gasteiger charge is 2.33. The molecule has 1 aliphatic carbocycles. The van der Waals surface area contributed by atoms with Crippen LogP contribution >= 0.6 is 11.3 Å². The molecule has 1 aromatic carbocycles. The van der Waals surface area contributed by atoms with Crippen LogP contribution in [0.5, 0.6) is 0 Å². The van der Waals surface area contributed by atoms with Crippen LogP contribution in [0, 0.1) is 11.8 Å². The molecule has 0 radical (unpaired) electrons. The molecule has 1 amide bonds. The standard InChI is InChI=1S/C27H32N4OS/c1-18-9-13-31(14-10-18)27(32)21-11-15-30(16-12-21)25-23-22(19-5-3-2-4-6-19)17-33-26(23)29-24(28-25)20-7-8-20/h2-6,17-18,20-21H,7-16H2,1H3. The Labute approximate surface area is 199 Å². The number of hydrogen-bond donors (Lipinski definition) is 0. The number of benzene rings is 1. The van der Waals surface area contributed by atoms with E-state index in [9.17, 15) is 4.79 Å². The molecule has 33 heavy (non-hydrogen) atoms. The monoisotopic (exact) mass is 460 g/mol. The number of anilines is 1. The van der Waals surface area contributed by atoms with Crippen LogP contribution in [-0.4, -0.2) is 47.0 Å². The van der Waals surface area contributed by atoms with Crippen molar-refractivity contribution in [1.82, 2.24) is 14.9 Å². The second-order valence-corrected chi connectivity index (χ2v) is 11.0. The Hall–Kier alpha value is -2.47. The molecule has 1 saturated carbocycles. The van der Waals surface area contributed by atoms with Crippen molar-refractivity contribution >= 4 is 33.3 Å². The number of fused-ring (bicyclic) bond motifs is 1. The van der Waals surface area contributed by atoms with Crippen LogP contribution in [-0.2, 0) is 4.79 Å². The molecule has 0 N–H and O–H groups in total. The fraction of sp³-hybridized carbons (Fsp3) is 0.519. The first kappa shape index (κ1) is 21.1. The van der Waals surface area contributed by atoms with Gasteiger partial charge in [0, 0.05) is 49.0 Å². The molecule has 5 nitrogen and oxygen atoms in total. The number of carbonyl (C=O) groups excluding carboxylic acids is 1. The molecule has 0 atom stereocenters. The number of rotatable bonds is 4. The number of likely N-dealkylation sites (tertiary alicyclic amines) is 1. The smallest absolute Gasteiger partial charge is 0.225 e. The maximum Gasteiger partial charge on any atom is 0.225 e. The number of piperidine rings is 2. The van der Waals surface area contributed by atoms with Gasteiger partial charge in [-0.2, -0.15) is 0 Å². The molecule has 0 bridgehead atoms. The number of hydrogen-bond acceptors (Lipinski definition) is 5. The van der Waals surface area contributed by atoms with Crippen molar-refractivity contribution in [3.05, 3.63) is 41.5 Å². The van der Waals surface area contributed by atoms with Gasteiger partial charge in [0.05, 0.1) is 5.39 Å². The first-order chi connectivity index (χ1) is 16.2. The Morgan fingerprint density at radius 2 is 1.67 bits per heavy atom.